The van der Waals surface area contributed by atoms with E-state index >= 15 is 0 Å². The van der Waals surface area contributed by atoms with Crippen molar-refractivity contribution in [3.05, 3.63) is 15.8 Å². The molecule has 1 atom stereocenters. The van der Waals surface area contributed by atoms with Crippen molar-refractivity contribution in [3.8, 4) is 0 Å². The fraction of sp³-hybridized carbons (Fsp3) is 0.600. The molecule has 0 aliphatic rings. The van der Waals surface area contributed by atoms with E-state index in [1.54, 1.807) is 13.8 Å². The summed E-state index contributed by atoms with van der Waals surface area (Å²) < 4.78 is 1.48. The number of anilines is 1. The highest BCUT2D eigenvalue weighted by molar-refractivity contribution is 5.83. The van der Waals surface area contributed by atoms with Gasteiger partial charge in [0.2, 0.25) is 11.7 Å². The van der Waals surface area contributed by atoms with Gasteiger partial charge in [0.05, 0.1) is 4.92 Å². The SMILES string of the molecule is Cc1nn(C(C)C)c(NC(C)C(N)=O)c1[N+](=O)[O-]. The summed E-state index contributed by atoms with van der Waals surface area (Å²) in [5.41, 5.74) is 5.31. The first-order chi connectivity index (χ1) is 8.25. The van der Waals surface area contributed by atoms with E-state index in [2.05, 4.69) is 10.4 Å². The summed E-state index contributed by atoms with van der Waals surface area (Å²) in [5.74, 6) is -0.378. The van der Waals surface area contributed by atoms with Crippen LogP contribution in [0.3, 0.4) is 0 Å². The monoisotopic (exact) mass is 255 g/mol. The molecular formula is C10H17N5O3. The fourth-order valence-corrected chi connectivity index (χ4v) is 1.54. The smallest absolute Gasteiger partial charge is 0.333 e. The van der Waals surface area contributed by atoms with Crippen LogP contribution in [0.15, 0.2) is 0 Å². The number of nitrogens with one attached hydrogen (secondary N) is 1. The average molecular weight is 255 g/mol. The molecule has 8 heteroatoms. The molecule has 1 rings (SSSR count). The normalized spacial score (nSPS) is 12.5. The van der Waals surface area contributed by atoms with Crippen molar-refractivity contribution in [2.24, 2.45) is 5.73 Å². The molecule has 0 fully saturated rings. The number of hydrogen-bond acceptors (Lipinski definition) is 5. The van der Waals surface area contributed by atoms with Gasteiger partial charge in [-0.3, -0.25) is 14.9 Å². The van der Waals surface area contributed by atoms with Gasteiger partial charge in [0.25, 0.3) is 0 Å². The summed E-state index contributed by atoms with van der Waals surface area (Å²) in [6.07, 6.45) is 0. The molecule has 0 saturated heterocycles. The standard InChI is InChI=1S/C10H17N5O3/c1-5(2)14-10(12-7(4)9(11)16)8(15(17)18)6(3)13-14/h5,7,12H,1-4H3,(H2,11,16). The van der Waals surface area contributed by atoms with E-state index in [1.165, 1.54) is 4.68 Å². The van der Waals surface area contributed by atoms with Crippen LogP contribution < -0.4 is 11.1 Å². The number of aromatic nitrogens is 2. The third-order valence-electron chi connectivity index (χ3n) is 2.51. The molecule has 0 aliphatic heterocycles. The van der Waals surface area contributed by atoms with E-state index < -0.39 is 16.9 Å². The van der Waals surface area contributed by atoms with E-state index in [-0.39, 0.29) is 17.5 Å². The Kier molecular flexibility index (Phi) is 3.89. The largest absolute Gasteiger partial charge is 0.368 e. The van der Waals surface area contributed by atoms with Crippen LogP contribution in [0.1, 0.15) is 32.5 Å². The first-order valence-corrected chi connectivity index (χ1v) is 5.55. The minimum Gasteiger partial charge on any atom is -0.368 e. The molecule has 0 aromatic carbocycles. The maximum absolute atomic E-state index is 11.0. The predicted octanol–water partition coefficient (Wildman–Crippen LogP) is 0.966. The van der Waals surface area contributed by atoms with Crippen molar-refractivity contribution in [1.82, 2.24) is 9.78 Å². The van der Waals surface area contributed by atoms with Crippen LogP contribution in [0.5, 0.6) is 0 Å². The highest BCUT2D eigenvalue weighted by Gasteiger charge is 2.28. The molecule has 18 heavy (non-hydrogen) atoms. The summed E-state index contributed by atoms with van der Waals surface area (Å²) in [7, 11) is 0. The minimum atomic E-state index is -0.711. The lowest BCUT2D eigenvalue weighted by Crippen LogP contribution is -2.33. The maximum atomic E-state index is 11.0. The van der Waals surface area contributed by atoms with Crippen molar-refractivity contribution in [1.29, 1.82) is 0 Å². The van der Waals surface area contributed by atoms with Crippen LogP contribution in [0, 0.1) is 17.0 Å². The van der Waals surface area contributed by atoms with Crippen molar-refractivity contribution in [2.45, 2.75) is 39.8 Å². The van der Waals surface area contributed by atoms with Crippen LogP contribution in [-0.2, 0) is 4.79 Å². The lowest BCUT2D eigenvalue weighted by Gasteiger charge is -2.14. The van der Waals surface area contributed by atoms with Crippen LogP contribution in [0.2, 0.25) is 0 Å². The molecule has 1 heterocycles. The predicted molar refractivity (Wildman–Crippen MR) is 66.3 cm³/mol. The zero-order valence-corrected chi connectivity index (χ0v) is 10.8. The number of nitrogens with zero attached hydrogens (tertiary/aromatic N) is 3. The summed E-state index contributed by atoms with van der Waals surface area (Å²) in [6.45, 7) is 6.78. The quantitative estimate of drug-likeness (QED) is 0.600. The number of carbonyl (C=O) groups is 1. The molecule has 0 aliphatic carbocycles. The van der Waals surface area contributed by atoms with Crippen LogP contribution in [-0.4, -0.2) is 26.7 Å². The topological polar surface area (TPSA) is 116 Å². The highest BCUT2D eigenvalue weighted by Crippen LogP contribution is 2.30. The second-order valence-electron chi connectivity index (χ2n) is 4.35. The fourth-order valence-electron chi connectivity index (χ4n) is 1.54. The van der Waals surface area contributed by atoms with Crippen LogP contribution in [0.25, 0.3) is 0 Å². The molecule has 0 bridgehead atoms. The number of hydrogen-bond donors (Lipinski definition) is 2. The van der Waals surface area contributed by atoms with Gasteiger partial charge in [-0.05, 0) is 27.7 Å². The molecule has 1 aromatic heterocycles. The van der Waals surface area contributed by atoms with Crippen molar-refractivity contribution in [3.63, 3.8) is 0 Å². The van der Waals surface area contributed by atoms with Gasteiger partial charge >= 0.3 is 5.69 Å². The minimum absolute atomic E-state index is 0.0695. The van der Waals surface area contributed by atoms with Gasteiger partial charge < -0.3 is 11.1 Å². The molecule has 100 valence electrons. The molecular weight excluding hydrogens is 238 g/mol. The Morgan fingerprint density at radius 3 is 2.44 bits per heavy atom. The lowest BCUT2D eigenvalue weighted by molar-refractivity contribution is -0.384. The van der Waals surface area contributed by atoms with Gasteiger partial charge in [-0.2, -0.15) is 5.10 Å². The number of carbonyl (C=O) groups excluding carboxylic acids is 1. The first-order valence-electron chi connectivity index (χ1n) is 5.55. The maximum Gasteiger partial charge on any atom is 0.333 e. The third-order valence-corrected chi connectivity index (χ3v) is 2.51. The Balaban J connectivity index is 3.28. The Bertz CT molecular complexity index is 480. The Morgan fingerprint density at radius 1 is 1.50 bits per heavy atom. The van der Waals surface area contributed by atoms with Crippen LogP contribution in [0.4, 0.5) is 11.5 Å². The first kappa shape index (κ1) is 13.9. The Morgan fingerprint density at radius 2 is 2.06 bits per heavy atom. The van der Waals surface area contributed by atoms with E-state index in [0.29, 0.717) is 5.69 Å². The van der Waals surface area contributed by atoms with Crippen molar-refractivity contribution >= 4 is 17.4 Å². The molecule has 0 saturated carbocycles. The zero-order valence-electron chi connectivity index (χ0n) is 10.8. The number of amides is 1. The molecule has 0 spiro atoms. The van der Waals surface area contributed by atoms with Gasteiger partial charge in [-0.1, -0.05) is 0 Å². The number of aryl methyl sites for hydroxylation is 1. The van der Waals surface area contributed by atoms with Gasteiger partial charge in [0, 0.05) is 6.04 Å². The van der Waals surface area contributed by atoms with Crippen molar-refractivity contribution < 1.29 is 9.72 Å². The molecule has 1 aromatic rings. The second-order valence-corrected chi connectivity index (χ2v) is 4.35. The third kappa shape index (κ3) is 2.58. The molecule has 1 unspecified atom stereocenters. The lowest BCUT2D eigenvalue weighted by atomic mass is 10.3. The summed E-state index contributed by atoms with van der Waals surface area (Å²) in [5, 5.41) is 17.9. The van der Waals surface area contributed by atoms with Gasteiger partial charge in [0.15, 0.2) is 0 Å². The molecule has 3 N–H and O–H groups in total. The molecule has 1 amide bonds. The average Bonchev–Trinajstić information content (AvgIpc) is 2.55. The van der Waals surface area contributed by atoms with E-state index in [9.17, 15) is 14.9 Å². The number of rotatable bonds is 5. The number of nitrogens with two attached hydrogens (primary N) is 1. The van der Waals surface area contributed by atoms with E-state index in [1.807, 2.05) is 13.8 Å². The highest BCUT2D eigenvalue weighted by atomic mass is 16.6. The number of nitro groups is 1. The van der Waals surface area contributed by atoms with E-state index in [4.69, 9.17) is 5.73 Å². The summed E-state index contributed by atoms with van der Waals surface area (Å²) in [6, 6.07) is -0.780. The Hall–Kier alpha value is -2.12. The molecule has 8 nitrogen and oxygen atoms in total. The van der Waals surface area contributed by atoms with Gasteiger partial charge in [-0.25, -0.2) is 4.68 Å². The summed E-state index contributed by atoms with van der Waals surface area (Å²) >= 11 is 0. The van der Waals surface area contributed by atoms with E-state index in [0.717, 1.165) is 0 Å². The number of primary amides is 1. The van der Waals surface area contributed by atoms with Crippen molar-refractivity contribution in [2.75, 3.05) is 5.32 Å². The second kappa shape index (κ2) is 5.03. The van der Waals surface area contributed by atoms with Gasteiger partial charge in [-0.15, -0.1) is 0 Å². The molecule has 0 radical (unpaired) electrons. The van der Waals surface area contributed by atoms with Crippen LogP contribution >= 0.6 is 0 Å². The summed E-state index contributed by atoms with van der Waals surface area (Å²) in [4.78, 5) is 21.5. The zero-order chi connectivity index (χ0) is 14.0. The van der Waals surface area contributed by atoms with Gasteiger partial charge in [0.1, 0.15) is 11.7 Å². The Labute approximate surface area is 104 Å².